The molecule has 0 atom stereocenters. The zero-order valence-electron chi connectivity index (χ0n) is 40.6. The molecule has 0 fully saturated rings. The fourth-order valence-electron chi connectivity index (χ4n) is 11.6. The first kappa shape index (κ1) is 42.0. The number of benzene rings is 10. The first-order valence-electron chi connectivity index (χ1n) is 25.4. The molecule has 354 valence electrons. The standard InChI is InChI=1S/C66H40N10/c1-3-20-41(21-4-1)61-67-63(71-64(68-61)76-57-36-18-11-28-48(57)50-30-19-37-59(60(50)76)73-52-31-13-7-24-44(52)45-25-8-14-32-53(45)73)43-38-39-58-51(40-43)49-29-12-17-35-56(49)75(58)66-70-62(42-22-5-2-6-23-42)69-65(72-66)74-54-33-15-9-26-46(54)47-27-10-16-34-55(47)74/h1-40H. The van der Waals surface area contributed by atoms with Crippen molar-refractivity contribution in [1.29, 1.82) is 0 Å². The minimum absolute atomic E-state index is 0.504. The first-order chi connectivity index (χ1) is 37.7. The van der Waals surface area contributed by atoms with Gasteiger partial charge >= 0.3 is 0 Å². The van der Waals surface area contributed by atoms with E-state index in [0.717, 1.165) is 98.8 Å². The number of nitrogens with zero attached hydrogens (tertiary/aromatic N) is 10. The van der Waals surface area contributed by atoms with Crippen molar-refractivity contribution in [3.05, 3.63) is 243 Å². The smallest absolute Gasteiger partial charge is 0.240 e. The molecule has 0 bridgehead atoms. The van der Waals surface area contributed by atoms with Crippen LogP contribution < -0.4 is 0 Å². The van der Waals surface area contributed by atoms with Crippen LogP contribution >= 0.6 is 0 Å². The third-order valence-electron chi connectivity index (χ3n) is 14.9. The van der Waals surface area contributed by atoms with Gasteiger partial charge in [0.1, 0.15) is 0 Å². The van der Waals surface area contributed by atoms with Crippen LogP contribution in [0, 0.1) is 0 Å². The molecule has 10 nitrogen and oxygen atoms in total. The molecule has 6 aromatic heterocycles. The predicted molar refractivity (Wildman–Crippen MR) is 307 cm³/mol. The van der Waals surface area contributed by atoms with Crippen LogP contribution in [0.5, 0.6) is 0 Å². The Morgan fingerprint density at radius 1 is 0.211 bits per heavy atom. The average molecular weight is 973 g/mol. The summed E-state index contributed by atoms with van der Waals surface area (Å²) in [5, 5.41) is 8.89. The normalized spacial score (nSPS) is 11.9. The highest BCUT2D eigenvalue weighted by atomic mass is 15.3. The molecule has 6 heterocycles. The Bertz CT molecular complexity index is 4900. The third-order valence-corrected chi connectivity index (χ3v) is 14.9. The molecular weight excluding hydrogens is 933 g/mol. The minimum Gasteiger partial charge on any atom is -0.307 e. The summed E-state index contributed by atoms with van der Waals surface area (Å²) in [6, 6.07) is 84.4. The molecule has 0 saturated carbocycles. The molecule has 0 aliphatic rings. The van der Waals surface area contributed by atoms with Gasteiger partial charge in [-0.25, -0.2) is 4.98 Å². The van der Waals surface area contributed by atoms with Crippen molar-refractivity contribution in [2.75, 3.05) is 0 Å². The molecule has 0 unspecified atom stereocenters. The number of para-hydroxylation sites is 7. The average Bonchev–Trinajstić information content (AvgIpc) is 4.27. The molecule has 16 rings (SSSR count). The maximum absolute atomic E-state index is 5.49. The van der Waals surface area contributed by atoms with Gasteiger partial charge in [0.15, 0.2) is 17.5 Å². The predicted octanol–water partition coefficient (Wildman–Crippen LogP) is 15.4. The number of rotatable bonds is 7. The maximum atomic E-state index is 5.49. The lowest BCUT2D eigenvalue weighted by molar-refractivity contribution is 0.893. The molecule has 16 aromatic rings. The van der Waals surface area contributed by atoms with E-state index in [1.54, 1.807) is 0 Å². The van der Waals surface area contributed by atoms with Crippen LogP contribution in [0.4, 0.5) is 0 Å². The Labute approximate surface area is 433 Å². The summed E-state index contributed by atoms with van der Waals surface area (Å²) >= 11 is 0. The van der Waals surface area contributed by atoms with Gasteiger partial charge < -0.3 is 4.57 Å². The highest BCUT2D eigenvalue weighted by molar-refractivity contribution is 6.15. The van der Waals surface area contributed by atoms with E-state index >= 15 is 0 Å². The van der Waals surface area contributed by atoms with E-state index < -0.39 is 0 Å². The lowest BCUT2D eigenvalue weighted by atomic mass is 10.1. The zero-order valence-corrected chi connectivity index (χ0v) is 40.6. The lowest BCUT2D eigenvalue weighted by Gasteiger charge is -2.15. The highest BCUT2D eigenvalue weighted by Crippen LogP contribution is 2.41. The van der Waals surface area contributed by atoms with E-state index in [-0.39, 0.29) is 0 Å². The molecule has 0 saturated heterocycles. The van der Waals surface area contributed by atoms with Gasteiger partial charge in [-0.1, -0.05) is 182 Å². The van der Waals surface area contributed by atoms with Crippen molar-refractivity contribution in [1.82, 2.24) is 48.2 Å². The van der Waals surface area contributed by atoms with E-state index in [9.17, 15) is 0 Å². The number of hydrogen-bond acceptors (Lipinski definition) is 6. The summed E-state index contributed by atoms with van der Waals surface area (Å²) in [4.78, 5) is 32.1. The van der Waals surface area contributed by atoms with Gasteiger partial charge in [0.2, 0.25) is 17.8 Å². The van der Waals surface area contributed by atoms with Crippen LogP contribution in [0.2, 0.25) is 0 Å². The second-order valence-corrected chi connectivity index (χ2v) is 19.1. The van der Waals surface area contributed by atoms with E-state index in [0.29, 0.717) is 35.3 Å². The molecule has 0 amide bonds. The Balaban J connectivity index is 0.933. The molecule has 0 aliphatic heterocycles. The molecular formula is C66H40N10. The van der Waals surface area contributed by atoms with Gasteiger partial charge in [-0.15, -0.1) is 0 Å². The molecule has 0 N–H and O–H groups in total. The molecule has 0 aliphatic carbocycles. The van der Waals surface area contributed by atoms with Gasteiger partial charge in [0, 0.05) is 59.8 Å². The number of aromatic nitrogens is 10. The van der Waals surface area contributed by atoms with Crippen molar-refractivity contribution in [2.45, 2.75) is 0 Å². The van der Waals surface area contributed by atoms with Crippen LogP contribution in [0.25, 0.3) is 145 Å². The highest BCUT2D eigenvalue weighted by Gasteiger charge is 2.25. The fraction of sp³-hybridized carbons (Fsp3) is 0. The molecule has 0 radical (unpaired) electrons. The van der Waals surface area contributed by atoms with Gasteiger partial charge in [0.05, 0.1) is 49.8 Å². The summed E-state index contributed by atoms with van der Waals surface area (Å²) in [7, 11) is 0. The van der Waals surface area contributed by atoms with Crippen LogP contribution in [-0.2, 0) is 0 Å². The SMILES string of the molecule is c1ccc(-c2nc(-n3c4ccccc4c4ccccc43)nc(-n3c4ccccc4c4cc(-c5nc(-c6ccccc6)nc(-n6c7ccccc7c7cccc(-n8c9ccccc9c9ccccc98)c76)n5)ccc43)n2)cc1. The second-order valence-electron chi connectivity index (χ2n) is 19.1. The van der Waals surface area contributed by atoms with Gasteiger partial charge in [-0.05, 0) is 60.7 Å². The second kappa shape index (κ2) is 16.5. The van der Waals surface area contributed by atoms with E-state index in [1.807, 2.05) is 48.5 Å². The van der Waals surface area contributed by atoms with E-state index in [1.165, 1.54) is 10.8 Å². The van der Waals surface area contributed by atoms with Crippen LogP contribution in [0.3, 0.4) is 0 Å². The quantitative estimate of drug-likeness (QED) is 0.158. The molecule has 76 heavy (non-hydrogen) atoms. The summed E-state index contributed by atoms with van der Waals surface area (Å²) in [5.41, 5.74) is 11.8. The molecule has 10 aromatic carbocycles. The van der Waals surface area contributed by atoms with Gasteiger partial charge in [-0.2, -0.15) is 24.9 Å². The Kier molecular flexibility index (Phi) is 9.10. The minimum atomic E-state index is 0.504. The van der Waals surface area contributed by atoms with Gasteiger partial charge in [0.25, 0.3) is 0 Å². The molecule has 0 spiro atoms. The van der Waals surface area contributed by atoms with Crippen molar-refractivity contribution in [2.24, 2.45) is 0 Å². The van der Waals surface area contributed by atoms with Crippen molar-refractivity contribution in [3.63, 3.8) is 0 Å². The van der Waals surface area contributed by atoms with Crippen LogP contribution in [-0.4, -0.2) is 48.2 Å². The summed E-state index contributed by atoms with van der Waals surface area (Å²) < 4.78 is 8.92. The summed E-state index contributed by atoms with van der Waals surface area (Å²) in [6.45, 7) is 0. The van der Waals surface area contributed by atoms with Crippen molar-refractivity contribution in [3.8, 4) is 57.7 Å². The lowest BCUT2D eigenvalue weighted by Crippen LogP contribution is -2.10. The van der Waals surface area contributed by atoms with Crippen molar-refractivity contribution >= 4 is 87.2 Å². The molecule has 10 heteroatoms. The summed E-state index contributed by atoms with van der Waals surface area (Å²) in [5.74, 6) is 3.23. The zero-order chi connectivity index (χ0) is 49.8. The first-order valence-corrected chi connectivity index (χ1v) is 25.4. The van der Waals surface area contributed by atoms with Crippen molar-refractivity contribution < 1.29 is 0 Å². The Morgan fingerprint density at radius 2 is 0.553 bits per heavy atom. The van der Waals surface area contributed by atoms with Gasteiger partial charge in [-0.3, -0.25) is 13.7 Å². The Morgan fingerprint density at radius 3 is 1.04 bits per heavy atom. The third kappa shape index (κ3) is 6.28. The topological polar surface area (TPSA) is 97.1 Å². The van der Waals surface area contributed by atoms with Crippen LogP contribution in [0.15, 0.2) is 243 Å². The van der Waals surface area contributed by atoms with E-state index in [4.69, 9.17) is 29.9 Å². The summed E-state index contributed by atoms with van der Waals surface area (Å²) in [6.07, 6.45) is 0. The number of fused-ring (bicyclic) bond motifs is 12. The maximum Gasteiger partial charge on any atom is 0.240 e. The van der Waals surface area contributed by atoms with Crippen LogP contribution in [0.1, 0.15) is 0 Å². The largest absolute Gasteiger partial charge is 0.307 e. The van der Waals surface area contributed by atoms with E-state index in [2.05, 4.69) is 212 Å². The Hall–Kier alpha value is -10.6. The fourth-order valence-corrected chi connectivity index (χ4v) is 11.6. The monoisotopic (exact) mass is 972 g/mol. The number of hydrogen-bond donors (Lipinski definition) is 0.